The average Bonchev–Trinajstić information content (AvgIpc) is 3.17. The molecule has 0 bridgehead atoms. The molecule has 25 heavy (non-hydrogen) atoms. The van der Waals surface area contributed by atoms with Gasteiger partial charge in [0, 0.05) is 31.9 Å². The van der Waals surface area contributed by atoms with Crippen LogP contribution < -0.4 is 10.6 Å². The van der Waals surface area contributed by atoms with Gasteiger partial charge in [-0.1, -0.05) is 6.07 Å². The Morgan fingerprint density at radius 2 is 2.24 bits per heavy atom. The summed E-state index contributed by atoms with van der Waals surface area (Å²) < 4.78 is 0. The average molecular weight is 358 g/mol. The van der Waals surface area contributed by atoms with Gasteiger partial charge in [0.25, 0.3) is 11.8 Å². The lowest BCUT2D eigenvalue weighted by molar-refractivity contribution is 0.0719. The van der Waals surface area contributed by atoms with Crippen molar-refractivity contribution in [2.45, 2.75) is 25.8 Å². The van der Waals surface area contributed by atoms with Crippen LogP contribution in [0.5, 0.6) is 0 Å². The summed E-state index contributed by atoms with van der Waals surface area (Å²) in [6, 6.07) is 7.51. The maximum atomic E-state index is 12.5. The minimum Gasteiger partial charge on any atom is -0.366 e. The first-order chi connectivity index (χ1) is 12.2. The van der Waals surface area contributed by atoms with E-state index in [1.165, 1.54) is 11.3 Å². The fourth-order valence-corrected chi connectivity index (χ4v) is 3.61. The van der Waals surface area contributed by atoms with Crippen LogP contribution in [0.1, 0.15) is 39.8 Å². The molecule has 1 unspecified atom stereocenters. The molecular weight excluding hydrogens is 336 g/mol. The molecule has 7 heteroatoms. The first-order valence-electron chi connectivity index (χ1n) is 8.51. The van der Waals surface area contributed by atoms with Gasteiger partial charge in [0.1, 0.15) is 5.82 Å². The summed E-state index contributed by atoms with van der Waals surface area (Å²) in [7, 11) is 0. The minimum absolute atomic E-state index is 0.0982. The van der Waals surface area contributed by atoms with Crippen LogP contribution >= 0.6 is 11.3 Å². The van der Waals surface area contributed by atoms with Crippen molar-refractivity contribution in [3.05, 3.63) is 46.3 Å². The summed E-state index contributed by atoms with van der Waals surface area (Å²) in [6.07, 6.45) is 3.53. The Morgan fingerprint density at radius 3 is 2.92 bits per heavy atom. The summed E-state index contributed by atoms with van der Waals surface area (Å²) in [4.78, 5) is 31.3. The second-order valence-corrected chi connectivity index (χ2v) is 6.95. The van der Waals surface area contributed by atoms with E-state index in [2.05, 4.69) is 15.6 Å². The van der Waals surface area contributed by atoms with Crippen LogP contribution in [-0.2, 0) is 0 Å². The zero-order chi connectivity index (χ0) is 17.6. The molecule has 0 aromatic carbocycles. The van der Waals surface area contributed by atoms with Gasteiger partial charge >= 0.3 is 0 Å². The molecule has 3 rings (SSSR count). The predicted octanol–water partition coefficient (Wildman–Crippen LogP) is 2.61. The van der Waals surface area contributed by atoms with Crippen LogP contribution in [0.15, 0.2) is 35.8 Å². The minimum atomic E-state index is -0.119. The van der Waals surface area contributed by atoms with E-state index >= 15 is 0 Å². The molecule has 1 saturated heterocycles. The van der Waals surface area contributed by atoms with E-state index in [0.29, 0.717) is 18.7 Å². The molecule has 0 radical (unpaired) electrons. The van der Waals surface area contributed by atoms with Crippen LogP contribution in [-0.4, -0.2) is 47.4 Å². The first-order valence-corrected chi connectivity index (χ1v) is 9.39. The molecule has 2 N–H and O–H groups in total. The van der Waals surface area contributed by atoms with Gasteiger partial charge in [-0.25, -0.2) is 4.98 Å². The highest BCUT2D eigenvalue weighted by atomic mass is 32.1. The van der Waals surface area contributed by atoms with Crippen molar-refractivity contribution in [3.8, 4) is 0 Å². The van der Waals surface area contributed by atoms with Crippen molar-refractivity contribution < 1.29 is 9.59 Å². The molecule has 0 saturated carbocycles. The van der Waals surface area contributed by atoms with Crippen molar-refractivity contribution >= 4 is 29.0 Å². The Bertz CT molecular complexity index is 715. The number of hydrogen-bond donors (Lipinski definition) is 2. The normalized spacial score (nSPS) is 17.2. The Balaban J connectivity index is 1.59. The number of nitrogens with one attached hydrogen (secondary N) is 2. The number of piperidine rings is 1. The fourth-order valence-electron chi connectivity index (χ4n) is 2.92. The number of carbonyl (C=O) groups excluding carboxylic acids is 2. The molecule has 1 atom stereocenters. The number of pyridine rings is 1. The highest BCUT2D eigenvalue weighted by Gasteiger charge is 2.25. The van der Waals surface area contributed by atoms with Gasteiger partial charge in [0.2, 0.25) is 0 Å². The molecule has 0 aliphatic carbocycles. The summed E-state index contributed by atoms with van der Waals surface area (Å²) in [5.74, 6) is 0.705. The summed E-state index contributed by atoms with van der Waals surface area (Å²) in [6.45, 7) is 3.93. The van der Waals surface area contributed by atoms with Crippen LogP contribution in [0.3, 0.4) is 0 Å². The standard InChI is InChI=1S/C18H22N4O2S/c1-2-19-17(23)13-7-8-16(20-11-13)21-14-5-3-9-22(12-14)18(24)15-6-4-10-25-15/h4,6-8,10-11,14H,2-3,5,9,12H2,1H3,(H,19,23)(H,20,21). The lowest BCUT2D eigenvalue weighted by Gasteiger charge is -2.33. The smallest absolute Gasteiger partial charge is 0.263 e. The maximum Gasteiger partial charge on any atom is 0.263 e. The number of carbonyl (C=O) groups is 2. The van der Waals surface area contributed by atoms with Crippen molar-refractivity contribution in [2.24, 2.45) is 0 Å². The second kappa shape index (κ2) is 8.11. The van der Waals surface area contributed by atoms with E-state index < -0.39 is 0 Å². The van der Waals surface area contributed by atoms with Gasteiger partial charge in [0.05, 0.1) is 10.4 Å². The Hall–Kier alpha value is -2.41. The number of likely N-dealkylation sites (tertiary alicyclic amines) is 1. The molecule has 6 nitrogen and oxygen atoms in total. The van der Waals surface area contributed by atoms with Gasteiger partial charge in [0.15, 0.2) is 0 Å². The quantitative estimate of drug-likeness (QED) is 0.862. The topological polar surface area (TPSA) is 74.3 Å². The summed E-state index contributed by atoms with van der Waals surface area (Å²) in [5.41, 5.74) is 0.547. The number of hydrogen-bond acceptors (Lipinski definition) is 5. The second-order valence-electron chi connectivity index (χ2n) is 6.00. The summed E-state index contributed by atoms with van der Waals surface area (Å²) in [5, 5.41) is 8.05. The van der Waals surface area contributed by atoms with Crippen molar-refractivity contribution in [1.82, 2.24) is 15.2 Å². The van der Waals surface area contributed by atoms with Crippen molar-refractivity contribution in [2.75, 3.05) is 25.0 Å². The highest BCUT2D eigenvalue weighted by Crippen LogP contribution is 2.19. The van der Waals surface area contributed by atoms with Crippen LogP contribution in [0.25, 0.3) is 0 Å². The highest BCUT2D eigenvalue weighted by molar-refractivity contribution is 7.12. The third kappa shape index (κ3) is 4.36. The summed E-state index contributed by atoms with van der Waals surface area (Å²) >= 11 is 1.48. The molecule has 1 aliphatic heterocycles. The number of aromatic nitrogens is 1. The molecule has 1 fully saturated rings. The zero-order valence-electron chi connectivity index (χ0n) is 14.2. The van der Waals surface area contributed by atoms with E-state index in [1.807, 2.05) is 35.4 Å². The van der Waals surface area contributed by atoms with Gasteiger partial charge in [-0.15, -0.1) is 11.3 Å². The lowest BCUT2D eigenvalue weighted by Crippen LogP contribution is -2.45. The molecule has 3 heterocycles. The molecule has 1 aliphatic rings. The third-order valence-electron chi connectivity index (χ3n) is 4.16. The van der Waals surface area contributed by atoms with Gasteiger partial charge < -0.3 is 15.5 Å². The fraction of sp³-hybridized carbons (Fsp3) is 0.389. The largest absolute Gasteiger partial charge is 0.366 e. The molecule has 132 valence electrons. The first kappa shape index (κ1) is 17.4. The molecule has 0 spiro atoms. The molecule has 2 aromatic rings. The van der Waals surface area contributed by atoms with Gasteiger partial charge in [-0.05, 0) is 43.3 Å². The predicted molar refractivity (Wildman–Crippen MR) is 99.1 cm³/mol. The van der Waals surface area contributed by atoms with E-state index in [9.17, 15) is 9.59 Å². The molecule has 2 aromatic heterocycles. The number of anilines is 1. The Kier molecular flexibility index (Phi) is 5.65. The number of thiophene rings is 1. The van der Waals surface area contributed by atoms with Crippen molar-refractivity contribution in [3.63, 3.8) is 0 Å². The lowest BCUT2D eigenvalue weighted by atomic mass is 10.1. The van der Waals surface area contributed by atoms with Crippen molar-refractivity contribution in [1.29, 1.82) is 0 Å². The molecular formula is C18H22N4O2S. The maximum absolute atomic E-state index is 12.5. The monoisotopic (exact) mass is 358 g/mol. The SMILES string of the molecule is CCNC(=O)c1ccc(NC2CCCN(C(=O)c3cccs3)C2)nc1. The van der Waals surface area contributed by atoms with Crippen LogP contribution in [0.4, 0.5) is 5.82 Å². The molecule has 2 amide bonds. The zero-order valence-corrected chi connectivity index (χ0v) is 15.0. The number of amides is 2. The van der Waals surface area contributed by atoms with Crippen LogP contribution in [0.2, 0.25) is 0 Å². The Labute approximate surface area is 151 Å². The number of nitrogens with zero attached hydrogens (tertiary/aromatic N) is 2. The third-order valence-corrected chi connectivity index (χ3v) is 5.01. The van der Waals surface area contributed by atoms with Gasteiger partial charge in [-0.3, -0.25) is 9.59 Å². The number of rotatable bonds is 5. The van der Waals surface area contributed by atoms with E-state index in [-0.39, 0.29) is 17.9 Å². The van der Waals surface area contributed by atoms with Gasteiger partial charge in [-0.2, -0.15) is 0 Å². The van der Waals surface area contributed by atoms with E-state index in [0.717, 1.165) is 30.1 Å². The van der Waals surface area contributed by atoms with E-state index in [4.69, 9.17) is 0 Å². The van der Waals surface area contributed by atoms with E-state index in [1.54, 1.807) is 12.3 Å². The Morgan fingerprint density at radius 1 is 1.36 bits per heavy atom. The van der Waals surface area contributed by atoms with Crippen LogP contribution in [0, 0.1) is 0 Å².